The van der Waals surface area contributed by atoms with Gasteiger partial charge in [0.25, 0.3) is 0 Å². The summed E-state index contributed by atoms with van der Waals surface area (Å²) in [6, 6.07) is 0. The van der Waals surface area contributed by atoms with E-state index in [2.05, 4.69) is 15.5 Å². The van der Waals surface area contributed by atoms with Crippen LogP contribution < -0.4 is 5.32 Å². The summed E-state index contributed by atoms with van der Waals surface area (Å²) >= 11 is 2.85. The van der Waals surface area contributed by atoms with Gasteiger partial charge < -0.3 is 20.3 Å². The lowest BCUT2D eigenvalue weighted by Gasteiger charge is -2.08. The number of aromatic nitrogens is 2. The zero-order valence-corrected chi connectivity index (χ0v) is 11.5. The van der Waals surface area contributed by atoms with E-state index in [1.54, 1.807) is 0 Å². The molecule has 3 N–H and O–H groups in total. The average Bonchev–Trinajstić information content (AvgIpc) is 3.04. The summed E-state index contributed by atoms with van der Waals surface area (Å²) in [4.78, 5) is 0. The Morgan fingerprint density at radius 3 is 3.17 bits per heavy atom. The molecule has 2 heterocycles. The molecule has 1 aromatic rings. The number of hydrogen-bond donors (Lipinski definition) is 3. The Labute approximate surface area is 114 Å². The molecule has 0 bridgehead atoms. The molecule has 2 atom stereocenters. The zero-order chi connectivity index (χ0) is 12.8. The molecule has 0 saturated carbocycles. The first-order valence-electron chi connectivity index (χ1n) is 5.88. The van der Waals surface area contributed by atoms with Crippen LogP contribution in [0.3, 0.4) is 0 Å². The fourth-order valence-corrected chi connectivity index (χ4v) is 3.27. The third-order valence-corrected chi connectivity index (χ3v) is 4.68. The predicted octanol–water partition coefficient (Wildman–Crippen LogP) is 0.574. The molecule has 0 radical (unpaired) electrons. The summed E-state index contributed by atoms with van der Waals surface area (Å²) in [6.07, 6.45) is 1.79. The van der Waals surface area contributed by atoms with Crippen molar-refractivity contribution < 1.29 is 14.9 Å². The maximum Gasteiger partial charge on any atom is 0.206 e. The second-order valence-corrected chi connectivity index (χ2v) is 6.28. The van der Waals surface area contributed by atoms with Gasteiger partial charge in [-0.1, -0.05) is 23.1 Å². The van der Waals surface area contributed by atoms with Gasteiger partial charge in [0, 0.05) is 18.9 Å². The molecule has 2 unspecified atom stereocenters. The fraction of sp³-hybridized carbons (Fsp3) is 0.800. The highest BCUT2D eigenvalue weighted by Gasteiger charge is 2.16. The molecule has 18 heavy (non-hydrogen) atoms. The number of nitrogens with zero attached hydrogens (tertiary/aromatic N) is 2. The Hall–Kier alpha value is -0.410. The van der Waals surface area contributed by atoms with Crippen molar-refractivity contribution >= 4 is 28.2 Å². The van der Waals surface area contributed by atoms with Gasteiger partial charge in [-0.15, -0.1) is 10.2 Å². The van der Waals surface area contributed by atoms with Crippen molar-refractivity contribution in [1.29, 1.82) is 0 Å². The van der Waals surface area contributed by atoms with Gasteiger partial charge in [-0.3, -0.25) is 0 Å². The number of anilines is 1. The van der Waals surface area contributed by atoms with Crippen molar-refractivity contribution in [3.63, 3.8) is 0 Å². The van der Waals surface area contributed by atoms with E-state index < -0.39 is 6.10 Å². The van der Waals surface area contributed by atoms with E-state index in [9.17, 15) is 5.11 Å². The van der Waals surface area contributed by atoms with Crippen LogP contribution in [0.4, 0.5) is 5.13 Å². The molecule has 1 fully saturated rings. The molecule has 2 rings (SSSR count). The first-order valence-corrected chi connectivity index (χ1v) is 7.69. The number of rotatable bonds is 7. The SMILES string of the molecule is OCC(O)CSc1nnc(NCC2CCCO2)s1. The molecule has 0 aliphatic carbocycles. The number of aliphatic hydroxyl groups is 2. The average molecular weight is 291 g/mol. The van der Waals surface area contributed by atoms with Gasteiger partial charge in [0.05, 0.1) is 18.8 Å². The molecule has 1 saturated heterocycles. The van der Waals surface area contributed by atoms with Crippen molar-refractivity contribution in [3.8, 4) is 0 Å². The fourth-order valence-electron chi connectivity index (χ4n) is 1.57. The Kier molecular flexibility index (Phi) is 5.64. The molecular formula is C10H17N3O3S2. The first kappa shape index (κ1) is 14.0. The van der Waals surface area contributed by atoms with E-state index in [0.29, 0.717) is 5.75 Å². The van der Waals surface area contributed by atoms with Crippen LogP contribution >= 0.6 is 23.1 Å². The first-order chi connectivity index (χ1) is 8.78. The third kappa shape index (κ3) is 4.36. The molecule has 0 amide bonds. The Balaban J connectivity index is 1.71. The van der Waals surface area contributed by atoms with Crippen LogP contribution in [0.5, 0.6) is 0 Å². The van der Waals surface area contributed by atoms with Crippen LogP contribution in [0.2, 0.25) is 0 Å². The molecule has 1 aliphatic rings. The van der Waals surface area contributed by atoms with Gasteiger partial charge in [-0.05, 0) is 12.8 Å². The summed E-state index contributed by atoms with van der Waals surface area (Å²) < 4.78 is 6.29. The van der Waals surface area contributed by atoms with Gasteiger partial charge in [0.1, 0.15) is 0 Å². The molecule has 1 aliphatic heterocycles. The van der Waals surface area contributed by atoms with Crippen molar-refractivity contribution in [2.24, 2.45) is 0 Å². The predicted molar refractivity (Wildman–Crippen MR) is 71.2 cm³/mol. The standard InChI is InChI=1S/C10H17N3O3S2/c14-5-7(15)6-17-10-13-12-9(18-10)11-4-8-2-1-3-16-8/h7-8,14-15H,1-6H2,(H,11,12). The van der Waals surface area contributed by atoms with E-state index >= 15 is 0 Å². The van der Waals surface area contributed by atoms with Crippen LogP contribution in [0.25, 0.3) is 0 Å². The largest absolute Gasteiger partial charge is 0.394 e. The van der Waals surface area contributed by atoms with Crippen molar-refractivity contribution in [3.05, 3.63) is 0 Å². The Morgan fingerprint density at radius 1 is 1.56 bits per heavy atom. The molecule has 0 aromatic carbocycles. The highest BCUT2D eigenvalue weighted by atomic mass is 32.2. The van der Waals surface area contributed by atoms with Crippen LogP contribution in [-0.2, 0) is 4.74 Å². The van der Waals surface area contributed by atoms with Gasteiger partial charge in [-0.25, -0.2) is 0 Å². The van der Waals surface area contributed by atoms with E-state index in [-0.39, 0.29) is 12.7 Å². The Morgan fingerprint density at radius 2 is 2.44 bits per heavy atom. The minimum absolute atomic E-state index is 0.226. The molecule has 102 valence electrons. The van der Waals surface area contributed by atoms with Gasteiger partial charge in [0.15, 0.2) is 4.34 Å². The van der Waals surface area contributed by atoms with E-state index in [4.69, 9.17) is 9.84 Å². The monoisotopic (exact) mass is 291 g/mol. The van der Waals surface area contributed by atoms with Gasteiger partial charge in [-0.2, -0.15) is 0 Å². The third-order valence-electron chi connectivity index (χ3n) is 2.52. The van der Waals surface area contributed by atoms with E-state index in [1.807, 2.05) is 0 Å². The number of thioether (sulfide) groups is 1. The molecule has 0 spiro atoms. The number of nitrogens with one attached hydrogen (secondary N) is 1. The lowest BCUT2D eigenvalue weighted by molar-refractivity contribution is 0.113. The summed E-state index contributed by atoms with van der Waals surface area (Å²) in [5.41, 5.74) is 0. The zero-order valence-electron chi connectivity index (χ0n) is 9.91. The van der Waals surface area contributed by atoms with E-state index in [1.165, 1.54) is 23.1 Å². The Bertz CT molecular complexity index is 358. The minimum Gasteiger partial charge on any atom is -0.394 e. The summed E-state index contributed by atoms with van der Waals surface area (Å²) in [5, 5.41) is 29.9. The quantitative estimate of drug-likeness (QED) is 0.633. The number of aliphatic hydroxyl groups excluding tert-OH is 2. The summed E-state index contributed by atoms with van der Waals surface area (Å²) in [5.74, 6) is 0.427. The van der Waals surface area contributed by atoms with E-state index in [0.717, 1.165) is 35.5 Å². The van der Waals surface area contributed by atoms with Crippen LogP contribution in [-0.4, -0.2) is 58.1 Å². The van der Waals surface area contributed by atoms with Crippen LogP contribution in [0, 0.1) is 0 Å². The second kappa shape index (κ2) is 7.25. The van der Waals surface area contributed by atoms with Crippen LogP contribution in [0.15, 0.2) is 4.34 Å². The summed E-state index contributed by atoms with van der Waals surface area (Å²) in [7, 11) is 0. The highest BCUT2D eigenvalue weighted by molar-refractivity contribution is 8.01. The smallest absolute Gasteiger partial charge is 0.206 e. The molecule has 8 heteroatoms. The minimum atomic E-state index is -0.706. The number of ether oxygens (including phenoxy) is 1. The van der Waals surface area contributed by atoms with Crippen molar-refractivity contribution in [2.75, 3.05) is 30.8 Å². The second-order valence-electron chi connectivity index (χ2n) is 4.04. The molecule has 1 aromatic heterocycles. The van der Waals surface area contributed by atoms with Gasteiger partial charge in [0.2, 0.25) is 5.13 Å². The normalized spacial score (nSPS) is 21.1. The van der Waals surface area contributed by atoms with Gasteiger partial charge >= 0.3 is 0 Å². The van der Waals surface area contributed by atoms with Crippen molar-refractivity contribution in [2.45, 2.75) is 29.4 Å². The maximum atomic E-state index is 9.23. The molecule has 6 nitrogen and oxygen atoms in total. The maximum absolute atomic E-state index is 9.23. The molecular weight excluding hydrogens is 274 g/mol. The topological polar surface area (TPSA) is 87.5 Å². The van der Waals surface area contributed by atoms with Crippen LogP contribution in [0.1, 0.15) is 12.8 Å². The van der Waals surface area contributed by atoms with Crippen molar-refractivity contribution in [1.82, 2.24) is 10.2 Å². The lowest BCUT2D eigenvalue weighted by Crippen LogP contribution is -2.18. The highest BCUT2D eigenvalue weighted by Crippen LogP contribution is 2.26. The number of hydrogen-bond acceptors (Lipinski definition) is 8. The lowest BCUT2D eigenvalue weighted by atomic mass is 10.2. The summed E-state index contributed by atoms with van der Waals surface area (Å²) in [6.45, 7) is 1.39.